The van der Waals surface area contributed by atoms with E-state index in [1.807, 2.05) is 0 Å². The lowest BCUT2D eigenvalue weighted by molar-refractivity contribution is -0.138. The first kappa shape index (κ1) is 12.2. The van der Waals surface area contributed by atoms with Crippen LogP contribution in [-0.4, -0.2) is 29.6 Å². The summed E-state index contributed by atoms with van der Waals surface area (Å²) >= 11 is 5.31. The van der Waals surface area contributed by atoms with Crippen molar-refractivity contribution in [2.75, 3.05) is 6.54 Å². The lowest BCUT2D eigenvalue weighted by Crippen LogP contribution is -2.45. The summed E-state index contributed by atoms with van der Waals surface area (Å²) in [5.74, 6) is -1.48. The van der Waals surface area contributed by atoms with Gasteiger partial charge in [-0.2, -0.15) is 0 Å². The molecule has 0 aromatic rings. The molecular weight excluding hydrogens is 196 g/mol. The minimum absolute atomic E-state index is 0.00583. The molecule has 0 fully saturated rings. The molecule has 0 rings (SSSR count). The van der Waals surface area contributed by atoms with Crippen LogP contribution >= 0.6 is 11.8 Å². The number of nitrogens with one attached hydrogen (secondary N) is 2. The Morgan fingerprint density at radius 3 is 2.31 bits per heavy atom. The molecule has 5 nitrogen and oxygen atoms in total. The Morgan fingerprint density at radius 2 is 2.00 bits per heavy atom. The monoisotopic (exact) mass is 208 g/mol. The second kappa shape index (κ2) is 5.77. The number of carbonyl (C=O) groups is 2. The zero-order valence-electron chi connectivity index (χ0n) is 7.50. The van der Waals surface area contributed by atoms with Gasteiger partial charge >= 0.3 is 5.97 Å². The van der Waals surface area contributed by atoms with Gasteiger partial charge in [0.1, 0.15) is 12.6 Å². The van der Waals surface area contributed by atoms with Crippen LogP contribution in [-0.2, 0) is 9.59 Å². The van der Waals surface area contributed by atoms with Crippen molar-refractivity contribution in [3.8, 4) is 0 Å². The molecule has 1 amide bonds. The third kappa shape index (κ3) is 4.69. The van der Waals surface area contributed by atoms with Crippen LogP contribution in [0.1, 0.15) is 13.8 Å². The maximum atomic E-state index is 11.2. The van der Waals surface area contributed by atoms with Crippen LogP contribution in [0, 0.1) is 5.92 Å². The average Bonchev–Trinajstić information content (AvgIpc) is 2.01. The molecule has 13 heavy (non-hydrogen) atoms. The number of carbonyl (C=O) groups excluding carboxylic acids is 1. The largest absolute Gasteiger partial charge is 0.480 e. The molecule has 0 heterocycles. The van der Waals surface area contributed by atoms with Crippen molar-refractivity contribution >= 4 is 23.7 Å². The van der Waals surface area contributed by atoms with Crippen molar-refractivity contribution in [2.45, 2.75) is 19.9 Å². The van der Waals surface area contributed by atoms with Crippen LogP contribution in [0.15, 0.2) is 0 Å². The standard InChI is InChI=1S/C7H13ClN2O3/c1-4(2)6(10-8)7(13)9-3-5(11)12/h4,6,10H,3H2,1-2H3,(H,9,13)(H,11,12)/t6-/m0/s1. The Kier molecular flexibility index (Phi) is 5.41. The molecule has 0 radical (unpaired) electrons. The van der Waals surface area contributed by atoms with Gasteiger partial charge in [-0.05, 0) is 17.7 Å². The fourth-order valence-corrected chi connectivity index (χ4v) is 1.10. The van der Waals surface area contributed by atoms with Crippen LogP contribution < -0.4 is 10.2 Å². The average molecular weight is 209 g/mol. The lowest BCUT2D eigenvalue weighted by atomic mass is 10.1. The van der Waals surface area contributed by atoms with Crippen LogP contribution in [0.25, 0.3) is 0 Å². The number of hydrogen-bond acceptors (Lipinski definition) is 3. The van der Waals surface area contributed by atoms with E-state index in [0.717, 1.165) is 0 Å². The fraction of sp³-hybridized carbons (Fsp3) is 0.714. The number of carboxylic acids is 1. The van der Waals surface area contributed by atoms with Gasteiger partial charge in [-0.25, -0.2) is 4.84 Å². The van der Waals surface area contributed by atoms with Crippen LogP contribution in [0.3, 0.4) is 0 Å². The Bertz CT molecular complexity index is 196. The molecule has 0 aliphatic carbocycles. The van der Waals surface area contributed by atoms with Crippen LogP contribution in [0.2, 0.25) is 0 Å². The Morgan fingerprint density at radius 1 is 1.46 bits per heavy atom. The molecule has 0 saturated heterocycles. The quantitative estimate of drug-likeness (QED) is 0.554. The SMILES string of the molecule is CC(C)[C@H](NCl)C(=O)NCC(=O)O. The van der Waals surface area contributed by atoms with Crippen molar-refractivity contribution < 1.29 is 14.7 Å². The van der Waals surface area contributed by atoms with E-state index in [1.54, 1.807) is 13.8 Å². The number of hydrogen-bond donors (Lipinski definition) is 3. The number of aliphatic carboxylic acids is 1. The molecule has 0 aromatic heterocycles. The third-order valence-corrected chi connectivity index (χ3v) is 1.72. The van der Waals surface area contributed by atoms with Gasteiger partial charge in [0.25, 0.3) is 0 Å². The van der Waals surface area contributed by atoms with Crippen LogP contribution in [0.5, 0.6) is 0 Å². The van der Waals surface area contributed by atoms with Gasteiger partial charge in [0.2, 0.25) is 5.91 Å². The summed E-state index contributed by atoms with van der Waals surface area (Å²) in [7, 11) is 0. The van der Waals surface area contributed by atoms with Gasteiger partial charge in [0.05, 0.1) is 0 Å². The predicted octanol–water partition coefficient (Wildman–Crippen LogP) is -0.0448. The number of rotatable bonds is 5. The summed E-state index contributed by atoms with van der Waals surface area (Å²) in [6.07, 6.45) is 0. The van der Waals surface area contributed by atoms with Gasteiger partial charge < -0.3 is 10.4 Å². The van der Waals surface area contributed by atoms with Crippen molar-refractivity contribution in [3.63, 3.8) is 0 Å². The van der Waals surface area contributed by atoms with E-state index in [1.165, 1.54) is 0 Å². The molecule has 0 aliphatic heterocycles. The van der Waals surface area contributed by atoms with E-state index < -0.39 is 17.9 Å². The van der Waals surface area contributed by atoms with Gasteiger partial charge in [0.15, 0.2) is 0 Å². The first-order valence-corrected chi connectivity index (χ1v) is 4.22. The fourth-order valence-electron chi connectivity index (χ4n) is 0.751. The second-order valence-corrected chi connectivity index (χ2v) is 3.16. The molecule has 76 valence electrons. The van der Waals surface area contributed by atoms with Crippen molar-refractivity contribution in [2.24, 2.45) is 5.92 Å². The highest BCUT2D eigenvalue weighted by Crippen LogP contribution is 2.01. The molecule has 0 bridgehead atoms. The zero-order valence-corrected chi connectivity index (χ0v) is 8.26. The summed E-state index contributed by atoms with van der Waals surface area (Å²) in [4.78, 5) is 23.6. The van der Waals surface area contributed by atoms with E-state index >= 15 is 0 Å². The molecule has 0 aliphatic rings. The van der Waals surface area contributed by atoms with E-state index in [2.05, 4.69) is 10.2 Å². The second-order valence-electron chi connectivity index (χ2n) is 2.94. The van der Waals surface area contributed by atoms with E-state index in [0.29, 0.717) is 0 Å². The minimum atomic E-state index is -1.08. The Hall–Kier alpha value is -0.810. The van der Waals surface area contributed by atoms with Gasteiger partial charge in [-0.1, -0.05) is 13.8 Å². The van der Waals surface area contributed by atoms with E-state index in [9.17, 15) is 9.59 Å². The normalized spacial score (nSPS) is 12.6. The number of carboxylic acid groups (broad SMARTS) is 1. The molecule has 0 spiro atoms. The Balaban J connectivity index is 3.99. The highest BCUT2D eigenvalue weighted by Gasteiger charge is 2.20. The molecule has 0 saturated carbocycles. The number of amides is 1. The van der Waals surface area contributed by atoms with Gasteiger partial charge in [0, 0.05) is 0 Å². The zero-order chi connectivity index (χ0) is 10.4. The first-order valence-electron chi connectivity index (χ1n) is 3.84. The van der Waals surface area contributed by atoms with E-state index in [4.69, 9.17) is 16.9 Å². The summed E-state index contributed by atoms with van der Waals surface area (Å²) in [5, 5.41) is 10.5. The van der Waals surface area contributed by atoms with Crippen LogP contribution in [0.4, 0.5) is 0 Å². The topological polar surface area (TPSA) is 78.4 Å². The van der Waals surface area contributed by atoms with E-state index in [-0.39, 0.29) is 12.5 Å². The number of halogens is 1. The van der Waals surface area contributed by atoms with Crippen molar-refractivity contribution in [3.05, 3.63) is 0 Å². The van der Waals surface area contributed by atoms with Crippen molar-refractivity contribution in [1.82, 2.24) is 10.2 Å². The molecule has 6 heteroatoms. The first-order chi connectivity index (χ1) is 5.99. The molecular formula is C7H13ClN2O3. The smallest absolute Gasteiger partial charge is 0.322 e. The summed E-state index contributed by atoms with van der Waals surface area (Å²) in [5.41, 5.74) is 0. The summed E-state index contributed by atoms with van der Waals surface area (Å²) < 4.78 is 0. The van der Waals surface area contributed by atoms with Gasteiger partial charge in [-0.3, -0.25) is 9.59 Å². The molecule has 1 atom stereocenters. The third-order valence-electron chi connectivity index (χ3n) is 1.48. The highest BCUT2D eigenvalue weighted by atomic mass is 35.5. The maximum absolute atomic E-state index is 11.2. The predicted molar refractivity (Wildman–Crippen MR) is 48.3 cm³/mol. The highest BCUT2D eigenvalue weighted by molar-refractivity contribution is 6.15. The molecule has 3 N–H and O–H groups in total. The minimum Gasteiger partial charge on any atom is -0.480 e. The summed E-state index contributed by atoms with van der Waals surface area (Å²) in [6, 6.07) is -0.569. The van der Waals surface area contributed by atoms with Gasteiger partial charge in [-0.15, -0.1) is 0 Å². The van der Waals surface area contributed by atoms with Crippen molar-refractivity contribution in [1.29, 1.82) is 0 Å². The lowest BCUT2D eigenvalue weighted by Gasteiger charge is -2.16. The Labute approximate surface area is 81.6 Å². The molecule has 0 aromatic carbocycles. The maximum Gasteiger partial charge on any atom is 0.322 e. The molecule has 0 unspecified atom stereocenters. The summed E-state index contributed by atoms with van der Waals surface area (Å²) in [6.45, 7) is 3.22.